The lowest BCUT2D eigenvalue weighted by Gasteiger charge is -2.50. The molecule has 0 spiro atoms. The normalized spacial score (nSPS) is 43.0. The van der Waals surface area contributed by atoms with Crippen molar-refractivity contribution in [1.82, 2.24) is 16.0 Å². The summed E-state index contributed by atoms with van der Waals surface area (Å²) in [5, 5.41) is 204. The molecule has 6 aliphatic rings. The summed E-state index contributed by atoms with van der Waals surface area (Å²) >= 11 is 0. The zero-order chi connectivity index (χ0) is 70.3. The lowest BCUT2D eigenvalue weighted by molar-refractivity contribution is -0.377. The Labute approximate surface area is 533 Å². The predicted molar refractivity (Wildman–Crippen MR) is 288 cm³/mol. The summed E-state index contributed by atoms with van der Waals surface area (Å²) in [4.78, 5) is 38.3. The highest BCUT2D eigenvalue weighted by molar-refractivity contribution is 7.81. The van der Waals surface area contributed by atoms with Crippen molar-refractivity contribution in [3.8, 4) is 0 Å². The molecule has 23 N–H and O–H groups in total. The van der Waals surface area contributed by atoms with Crippen molar-refractivity contribution in [2.75, 3.05) is 46.2 Å². The van der Waals surface area contributed by atoms with Gasteiger partial charge in [0.25, 0.3) is 0 Å². The lowest BCUT2D eigenvalue weighted by Crippen LogP contribution is -2.70. The van der Waals surface area contributed by atoms with E-state index in [0.717, 1.165) is 20.8 Å². The van der Waals surface area contributed by atoms with Crippen LogP contribution in [0.25, 0.3) is 0 Å². The van der Waals surface area contributed by atoms with Gasteiger partial charge in [-0.05, 0) is 6.92 Å². The van der Waals surface area contributed by atoms with E-state index in [1.165, 1.54) is 6.92 Å². The van der Waals surface area contributed by atoms with Gasteiger partial charge in [0.1, 0.15) is 159 Å². The third-order valence-electron chi connectivity index (χ3n) is 15.7. The topological polar surface area (TPSA) is 689 Å². The lowest BCUT2D eigenvalue weighted by atomic mass is 9.94. The molecule has 0 unspecified atom stereocenters. The molecule has 6 rings (SSSR count). The summed E-state index contributed by atoms with van der Waals surface area (Å²) in [5.74, 6) is -2.87. The van der Waals surface area contributed by atoms with E-state index in [1.807, 2.05) is 0 Å². The Kier molecular flexibility index (Phi) is 29.2. The molecule has 6 aliphatic heterocycles. The molecule has 6 saturated heterocycles. The molecule has 0 bridgehead atoms. The first kappa shape index (κ1) is 79.9. The minimum Gasteiger partial charge on any atom is -0.394 e. The van der Waals surface area contributed by atoms with Crippen LogP contribution in [0.1, 0.15) is 27.7 Å². The Morgan fingerprint density at radius 2 is 0.862 bits per heavy atom. The zero-order valence-electron chi connectivity index (χ0n) is 49.9. The molecule has 0 saturated carbocycles. The smallest absolute Gasteiger partial charge is 0.394 e. The van der Waals surface area contributed by atoms with Crippen molar-refractivity contribution in [3.63, 3.8) is 0 Å². The third kappa shape index (κ3) is 19.7. The Hall–Kier alpha value is -3.05. The van der Waals surface area contributed by atoms with Gasteiger partial charge in [-0.3, -0.25) is 23.5 Å². The number of rotatable bonds is 29. The van der Waals surface area contributed by atoms with Gasteiger partial charge in [-0.1, -0.05) is 0 Å². The summed E-state index contributed by atoms with van der Waals surface area (Å²) < 4.78 is 144. The highest BCUT2D eigenvalue weighted by Gasteiger charge is 2.58. The molecule has 0 radical (unpaired) electrons. The number of nitrogens with one attached hydrogen (secondary N) is 3. The van der Waals surface area contributed by atoms with Gasteiger partial charge in [-0.25, -0.2) is 8.37 Å². The summed E-state index contributed by atoms with van der Waals surface area (Å²) in [6, 6.07) is -5.71. The van der Waals surface area contributed by atoms with Gasteiger partial charge in [0.15, 0.2) is 37.7 Å². The molecule has 6 fully saturated rings. The molecule has 46 heteroatoms. The van der Waals surface area contributed by atoms with Gasteiger partial charge in [0.2, 0.25) is 17.7 Å². The fraction of sp³-hybridized carbons (Fsp3) is 0.938. The molecule has 3 amide bonds. The van der Waals surface area contributed by atoms with E-state index < -0.39 is 293 Å². The maximum Gasteiger partial charge on any atom is 0.397 e. The molecule has 0 aromatic rings. The second kappa shape index (κ2) is 34.3. The Bertz CT molecular complexity index is 2650. The number of aliphatic hydroxyl groups is 18. The molecule has 34 atom stereocenters. The van der Waals surface area contributed by atoms with Crippen LogP contribution in [0.15, 0.2) is 0 Å². The van der Waals surface area contributed by atoms with Crippen LogP contribution in [0.3, 0.4) is 0 Å². The molecule has 44 nitrogen and oxygen atoms in total. The van der Waals surface area contributed by atoms with Gasteiger partial charge in [0, 0.05) is 20.8 Å². The summed E-state index contributed by atoms with van der Waals surface area (Å²) in [6.07, 6.45) is -66.6. The summed E-state index contributed by atoms with van der Waals surface area (Å²) in [6.45, 7) is -4.06. The van der Waals surface area contributed by atoms with Crippen LogP contribution in [-0.4, -0.2) is 390 Å². The molecule has 0 aliphatic carbocycles. The van der Waals surface area contributed by atoms with E-state index >= 15 is 0 Å². The fourth-order valence-electron chi connectivity index (χ4n) is 11.0. The van der Waals surface area contributed by atoms with Gasteiger partial charge >= 0.3 is 20.8 Å². The van der Waals surface area contributed by atoms with Gasteiger partial charge < -0.3 is 165 Å². The quantitative estimate of drug-likeness (QED) is 0.0309. The molecule has 0 aromatic carbocycles. The predicted octanol–water partition coefficient (Wildman–Crippen LogP) is -15.5. The van der Waals surface area contributed by atoms with E-state index in [0.29, 0.717) is 0 Å². The van der Waals surface area contributed by atoms with Crippen molar-refractivity contribution in [3.05, 3.63) is 0 Å². The van der Waals surface area contributed by atoms with Crippen molar-refractivity contribution < 1.29 is 197 Å². The maximum absolute atomic E-state index is 13.2. The van der Waals surface area contributed by atoms with Crippen molar-refractivity contribution in [1.29, 1.82) is 0 Å². The van der Waals surface area contributed by atoms with E-state index in [-0.39, 0.29) is 0 Å². The largest absolute Gasteiger partial charge is 0.397 e. The van der Waals surface area contributed by atoms with E-state index in [9.17, 15) is 132 Å². The number of ether oxygens (including phenoxy) is 12. The molecule has 548 valence electrons. The average molecular weight is 1420 g/mol. The minimum absolute atomic E-state index is 0.897. The second-order valence-electron chi connectivity index (χ2n) is 22.6. The second-order valence-corrected chi connectivity index (χ2v) is 24.7. The van der Waals surface area contributed by atoms with Gasteiger partial charge in [-0.2, -0.15) is 16.8 Å². The SMILES string of the molecule is CC(=O)N[C@H]1[C@H](OC[C@H]2O[C@@H](O[C@@H]([C@@H](O)[C@H](O)CO)[C@H](CO)NC(C)=O)[C@H](O)[C@@H](O[C@@H]3O[C@H](CO[C@@H]4O[C@H](CO)[C@H](O)[C@H](OS(=O)(=O)O)[C@H]4O)[C@@H](O)[C@H](O[C@@H]4O[C@@H](C)[C@@H](O)[C@@H](O)[C@@H]4O)[C@H]3NC(C)=O)[C@H]2O)O[C@H](CO)[C@@H](O[C@@H]2O[C@H](CO)[C@H](O)[C@H](OS(=O)(=O)O)[C@H]2O)[C@@H]1O. The number of hydrogen-bond donors (Lipinski definition) is 23. The van der Waals surface area contributed by atoms with Crippen LogP contribution in [-0.2, 0) is 100 Å². The highest BCUT2D eigenvalue weighted by atomic mass is 32.3. The van der Waals surface area contributed by atoms with Gasteiger partial charge in [0.05, 0.1) is 58.4 Å². The maximum atomic E-state index is 13.2. The Morgan fingerprint density at radius 3 is 1.36 bits per heavy atom. The van der Waals surface area contributed by atoms with E-state index in [2.05, 4.69) is 24.3 Å². The number of aliphatic hydroxyl groups excluding tert-OH is 18. The van der Waals surface area contributed by atoms with Crippen molar-refractivity contribution in [2.24, 2.45) is 0 Å². The number of amides is 3. The number of carbonyl (C=O) groups is 3. The Balaban J connectivity index is 1.40. The van der Waals surface area contributed by atoms with Crippen molar-refractivity contribution in [2.45, 2.75) is 236 Å². The van der Waals surface area contributed by atoms with E-state index in [1.54, 1.807) is 0 Å². The molecule has 6 heterocycles. The first-order chi connectivity index (χ1) is 43.9. The molecule has 94 heavy (non-hydrogen) atoms. The third-order valence-corrected chi connectivity index (χ3v) is 16.7. The standard InChI is InChI=1S/C48H83N3O41S2/c1-12-25(61)32(68)33(69)46(81-12)89-39-24(51-15(4)59)44(85-21(29(39)65)11-80-45-35(71)41(91-93(73,74)75)27(63)18(7-54)82-45)90-40-30(66)22(86-47(34(40)70)87-37(26(62)17(60)6-53)16(5-52)49-13(2)57)10-79-43-23(50-14(3)58)31(67)38(20(9-56)84-43)88-48-36(72)42(92-94(76,77)78)28(64)19(8-55)83-48/h12,16-48,52-56,60-72H,5-11H2,1-4H3,(H,49,57)(H,50,58)(H,51,59)(H,73,74,75)(H,76,77,78)/t12-,16-,17+,18+,19+,20+,21+,22+,23+,24+,25+,26-,27-,28-,29+,30-,31+,32+,33-,34+,35+,36+,37+,38+,39+,40-,41-,42-,43+,44-,45+,46-,47-,48-/m0/s1. The monoisotopic (exact) mass is 1420 g/mol. The van der Waals surface area contributed by atoms with Crippen LogP contribution in [0.2, 0.25) is 0 Å². The van der Waals surface area contributed by atoms with E-state index in [4.69, 9.17) is 56.8 Å². The fourth-order valence-corrected chi connectivity index (χ4v) is 12.0. The minimum atomic E-state index is -5.48. The zero-order valence-corrected chi connectivity index (χ0v) is 51.5. The first-order valence-electron chi connectivity index (χ1n) is 28.7. The average Bonchev–Trinajstić information content (AvgIpc) is 0.778. The van der Waals surface area contributed by atoms with Gasteiger partial charge in [-0.15, -0.1) is 0 Å². The van der Waals surface area contributed by atoms with Crippen LogP contribution in [0.5, 0.6) is 0 Å². The van der Waals surface area contributed by atoms with Crippen LogP contribution in [0.4, 0.5) is 0 Å². The van der Waals surface area contributed by atoms with Crippen LogP contribution >= 0.6 is 0 Å². The van der Waals surface area contributed by atoms with Crippen LogP contribution in [0, 0.1) is 0 Å². The molecular formula is C48H83N3O41S2. The molecule has 0 aromatic heterocycles. The highest BCUT2D eigenvalue weighted by Crippen LogP contribution is 2.37. The summed E-state index contributed by atoms with van der Waals surface area (Å²) in [5.41, 5.74) is 0. The number of hydrogen-bond acceptors (Lipinski definition) is 39. The first-order valence-corrected chi connectivity index (χ1v) is 31.4. The number of carbonyl (C=O) groups excluding carboxylic acids is 3. The van der Waals surface area contributed by atoms with Crippen molar-refractivity contribution >= 4 is 38.5 Å². The Morgan fingerprint density at radius 1 is 0.436 bits per heavy atom. The van der Waals surface area contributed by atoms with Crippen LogP contribution < -0.4 is 16.0 Å². The molecular weight excluding hydrogens is 1340 g/mol. The summed E-state index contributed by atoms with van der Waals surface area (Å²) in [7, 11) is -10.9.